The second-order valence-electron chi connectivity index (χ2n) is 3.48. The van der Waals surface area contributed by atoms with E-state index < -0.39 is 0 Å². The normalized spacial score (nSPS) is 10.6. The average Bonchev–Trinajstić information content (AvgIpc) is 2.22. The summed E-state index contributed by atoms with van der Waals surface area (Å²) in [5.74, 6) is 1.19. The number of nitrogens with one attached hydrogen (secondary N) is 1. The molecule has 0 fully saturated rings. The quantitative estimate of drug-likeness (QED) is 0.600. The number of benzene rings is 1. The highest BCUT2D eigenvalue weighted by molar-refractivity contribution is 7.99. The van der Waals surface area contributed by atoms with E-state index in [1.165, 1.54) is 29.1 Å². The van der Waals surface area contributed by atoms with Crippen molar-refractivity contribution in [2.75, 3.05) is 12.8 Å². The molecular formula is C12H18ClNS. The monoisotopic (exact) mass is 243 g/mol. The van der Waals surface area contributed by atoms with Crippen LogP contribution in [0.5, 0.6) is 0 Å². The molecule has 0 unspecified atom stereocenters. The Morgan fingerprint density at radius 2 is 2.20 bits per heavy atom. The van der Waals surface area contributed by atoms with Crippen LogP contribution in [0.4, 0.5) is 0 Å². The standard InChI is InChI=1S/C12H18ClNS/c1-3-4-7-15-12-6-5-11(13)8-10(12)9-14-2/h5-6,8,14H,3-4,7,9H2,1-2H3. The summed E-state index contributed by atoms with van der Waals surface area (Å²) >= 11 is 7.90. The number of thioether (sulfide) groups is 1. The van der Waals surface area contributed by atoms with Gasteiger partial charge in [-0.3, -0.25) is 0 Å². The highest BCUT2D eigenvalue weighted by Gasteiger charge is 2.03. The van der Waals surface area contributed by atoms with E-state index in [2.05, 4.69) is 18.3 Å². The van der Waals surface area contributed by atoms with E-state index >= 15 is 0 Å². The van der Waals surface area contributed by atoms with Gasteiger partial charge < -0.3 is 5.32 Å². The van der Waals surface area contributed by atoms with Gasteiger partial charge in [-0.1, -0.05) is 24.9 Å². The van der Waals surface area contributed by atoms with Crippen molar-refractivity contribution < 1.29 is 0 Å². The van der Waals surface area contributed by atoms with Gasteiger partial charge in [-0.25, -0.2) is 0 Å². The lowest BCUT2D eigenvalue weighted by Crippen LogP contribution is -2.06. The zero-order chi connectivity index (χ0) is 11.1. The second-order valence-corrected chi connectivity index (χ2v) is 5.06. The van der Waals surface area contributed by atoms with E-state index in [0.29, 0.717) is 0 Å². The van der Waals surface area contributed by atoms with Crippen LogP contribution in [0.25, 0.3) is 0 Å². The lowest BCUT2D eigenvalue weighted by atomic mass is 10.2. The van der Waals surface area contributed by atoms with Gasteiger partial charge in [-0.15, -0.1) is 11.8 Å². The van der Waals surface area contributed by atoms with E-state index in [-0.39, 0.29) is 0 Å². The molecule has 1 nitrogen and oxygen atoms in total. The largest absolute Gasteiger partial charge is 0.316 e. The molecule has 0 aliphatic carbocycles. The van der Waals surface area contributed by atoms with Crippen molar-refractivity contribution in [2.24, 2.45) is 0 Å². The van der Waals surface area contributed by atoms with Crippen molar-refractivity contribution in [3.8, 4) is 0 Å². The smallest absolute Gasteiger partial charge is 0.0410 e. The van der Waals surface area contributed by atoms with E-state index in [1.807, 2.05) is 30.9 Å². The zero-order valence-corrected chi connectivity index (χ0v) is 10.9. The molecule has 0 aliphatic rings. The first-order valence-corrected chi connectivity index (χ1v) is 6.70. The first kappa shape index (κ1) is 12.9. The van der Waals surface area contributed by atoms with Crippen LogP contribution in [0, 0.1) is 0 Å². The predicted molar refractivity (Wildman–Crippen MR) is 69.8 cm³/mol. The Balaban J connectivity index is 2.67. The number of hydrogen-bond donors (Lipinski definition) is 1. The minimum atomic E-state index is 0.820. The fourth-order valence-corrected chi connectivity index (χ4v) is 2.67. The van der Waals surface area contributed by atoms with Crippen molar-refractivity contribution in [1.82, 2.24) is 5.32 Å². The van der Waals surface area contributed by atoms with E-state index in [9.17, 15) is 0 Å². The van der Waals surface area contributed by atoms with Crippen LogP contribution in [0.2, 0.25) is 5.02 Å². The third-order valence-electron chi connectivity index (χ3n) is 2.15. The Bertz CT molecular complexity index is 302. The van der Waals surface area contributed by atoms with Gasteiger partial charge in [-0.05, 0) is 43.0 Å². The van der Waals surface area contributed by atoms with Crippen LogP contribution in [0.1, 0.15) is 25.3 Å². The maximum atomic E-state index is 5.98. The van der Waals surface area contributed by atoms with Gasteiger partial charge in [0, 0.05) is 16.5 Å². The molecule has 0 spiro atoms. The third kappa shape index (κ3) is 4.45. The molecule has 0 radical (unpaired) electrons. The minimum Gasteiger partial charge on any atom is -0.316 e. The molecule has 3 heteroatoms. The van der Waals surface area contributed by atoms with Gasteiger partial charge >= 0.3 is 0 Å². The molecule has 0 atom stereocenters. The zero-order valence-electron chi connectivity index (χ0n) is 9.35. The Labute approximate surface area is 102 Å². The summed E-state index contributed by atoms with van der Waals surface area (Å²) in [7, 11) is 1.96. The van der Waals surface area contributed by atoms with Crippen LogP contribution in [0.3, 0.4) is 0 Å². The van der Waals surface area contributed by atoms with Crippen LogP contribution >= 0.6 is 23.4 Å². The van der Waals surface area contributed by atoms with Crippen LogP contribution in [-0.2, 0) is 6.54 Å². The highest BCUT2D eigenvalue weighted by atomic mass is 35.5. The van der Waals surface area contributed by atoms with Gasteiger partial charge in [0.2, 0.25) is 0 Å². The summed E-state index contributed by atoms with van der Waals surface area (Å²) in [6, 6.07) is 6.14. The first-order valence-electron chi connectivity index (χ1n) is 5.33. The second kappa shape index (κ2) is 7.15. The topological polar surface area (TPSA) is 12.0 Å². The predicted octanol–water partition coefficient (Wildman–Crippen LogP) is 3.95. The van der Waals surface area contributed by atoms with Crippen molar-refractivity contribution in [3.05, 3.63) is 28.8 Å². The maximum Gasteiger partial charge on any atom is 0.0410 e. The summed E-state index contributed by atoms with van der Waals surface area (Å²) in [4.78, 5) is 1.35. The lowest BCUT2D eigenvalue weighted by molar-refractivity contribution is 0.803. The molecule has 0 bridgehead atoms. The van der Waals surface area contributed by atoms with E-state index in [0.717, 1.165) is 11.6 Å². The number of unbranched alkanes of at least 4 members (excludes halogenated alkanes) is 1. The van der Waals surface area contributed by atoms with Crippen molar-refractivity contribution in [3.63, 3.8) is 0 Å². The lowest BCUT2D eigenvalue weighted by Gasteiger charge is -2.09. The van der Waals surface area contributed by atoms with Gasteiger partial charge in [0.05, 0.1) is 0 Å². The Hall–Kier alpha value is -0.180. The summed E-state index contributed by atoms with van der Waals surface area (Å²) in [6.45, 7) is 3.10. The van der Waals surface area contributed by atoms with Crippen molar-refractivity contribution in [2.45, 2.75) is 31.2 Å². The molecule has 1 rings (SSSR count). The molecule has 0 aliphatic heterocycles. The molecule has 15 heavy (non-hydrogen) atoms. The molecule has 0 amide bonds. The molecule has 1 N–H and O–H groups in total. The molecule has 0 aromatic heterocycles. The Morgan fingerprint density at radius 1 is 1.40 bits per heavy atom. The van der Waals surface area contributed by atoms with Gasteiger partial charge in [0.1, 0.15) is 0 Å². The number of hydrogen-bond acceptors (Lipinski definition) is 2. The van der Waals surface area contributed by atoms with E-state index in [1.54, 1.807) is 0 Å². The van der Waals surface area contributed by atoms with Crippen LogP contribution in [0.15, 0.2) is 23.1 Å². The van der Waals surface area contributed by atoms with E-state index in [4.69, 9.17) is 11.6 Å². The number of rotatable bonds is 6. The van der Waals surface area contributed by atoms with Gasteiger partial charge in [0.15, 0.2) is 0 Å². The first-order chi connectivity index (χ1) is 7.27. The Kier molecular flexibility index (Phi) is 6.15. The summed E-state index contributed by atoms with van der Waals surface area (Å²) < 4.78 is 0. The number of halogens is 1. The SMILES string of the molecule is CCCCSc1ccc(Cl)cc1CNC. The fourth-order valence-electron chi connectivity index (χ4n) is 1.34. The van der Waals surface area contributed by atoms with Gasteiger partial charge in [0.25, 0.3) is 0 Å². The fraction of sp³-hybridized carbons (Fsp3) is 0.500. The average molecular weight is 244 g/mol. The summed E-state index contributed by atoms with van der Waals surface area (Å²) in [5.41, 5.74) is 1.30. The maximum absolute atomic E-state index is 5.98. The van der Waals surface area contributed by atoms with Crippen LogP contribution < -0.4 is 5.32 Å². The molecule has 0 heterocycles. The summed E-state index contributed by atoms with van der Waals surface area (Å²) in [6.07, 6.45) is 2.52. The minimum absolute atomic E-state index is 0.820. The van der Waals surface area contributed by atoms with Crippen molar-refractivity contribution in [1.29, 1.82) is 0 Å². The molecule has 1 aromatic rings. The highest BCUT2D eigenvalue weighted by Crippen LogP contribution is 2.26. The summed E-state index contributed by atoms with van der Waals surface area (Å²) in [5, 5.41) is 3.99. The third-order valence-corrected chi connectivity index (χ3v) is 3.58. The van der Waals surface area contributed by atoms with Crippen molar-refractivity contribution >= 4 is 23.4 Å². The molecule has 0 saturated heterocycles. The van der Waals surface area contributed by atoms with Crippen LogP contribution in [-0.4, -0.2) is 12.8 Å². The molecule has 0 saturated carbocycles. The van der Waals surface area contributed by atoms with Gasteiger partial charge in [-0.2, -0.15) is 0 Å². The molecule has 1 aromatic carbocycles. The Morgan fingerprint density at radius 3 is 2.87 bits per heavy atom. The molecular weight excluding hydrogens is 226 g/mol. The molecule has 84 valence electrons.